The van der Waals surface area contributed by atoms with E-state index in [2.05, 4.69) is 5.32 Å². The molecule has 0 bridgehead atoms. The molecule has 0 saturated carbocycles. The van der Waals surface area contributed by atoms with Gasteiger partial charge in [0, 0.05) is 10.7 Å². The maximum Gasteiger partial charge on any atom is 0.333 e. The van der Waals surface area contributed by atoms with Crippen LogP contribution in [0.3, 0.4) is 0 Å². The molecule has 0 radical (unpaired) electrons. The molecule has 2 aromatic rings. The Labute approximate surface area is 152 Å². The van der Waals surface area contributed by atoms with Crippen molar-refractivity contribution >= 4 is 68.1 Å². The van der Waals surface area contributed by atoms with E-state index in [0.29, 0.717) is 10.7 Å². The third kappa shape index (κ3) is 4.65. The lowest BCUT2D eigenvalue weighted by atomic mass is 10.3. The maximum absolute atomic E-state index is 12.1. The zero-order valence-electron chi connectivity index (χ0n) is 11.1. The van der Waals surface area contributed by atoms with Crippen LogP contribution in [0.2, 0.25) is 20.1 Å². The molecule has 0 atom stereocenters. The molecule has 0 spiro atoms. The third-order valence-corrected chi connectivity index (χ3v) is 5.36. The Morgan fingerprint density at radius 1 is 0.913 bits per heavy atom. The molecule has 0 aliphatic carbocycles. The average Bonchev–Trinajstić information content (AvgIpc) is 2.46. The van der Waals surface area contributed by atoms with E-state index >= 15 is 0 Å². The Morgan fingerprint density at radius 2 is 1.43 bits per heavy atom. The number of benzene rings is 2. The van der Waals surface area contributed by atoms with Crippen LogP contribution < -0.4 is 10.0 Å². The average molecular weight is 414 g/mol. The fraction of sp³-hybridized carbons (Fsp3) is 0. The summed E-state index contributed by atoms with van der Waals surface area (Å²) in [6.45, 7) is 0. The van der Waals surface area contributed by atoms with Crippen LogP contribution in [-0.4, -0.2) is 14.4 Å². The molecule has 0 fully saturated rings. The summed E-state index contributed by atoms with van der Waals surface area (Å²) in [5.41, 5.74) is 0.370. The fourth-order valence-corrected chi connectivity index (χ4v) is 3.37. The van der Waals surface area contributed by atoms with Crippen molar-refractivity contribution in [2.24, 2.45) is 0 Å². The molecule has 2 N–H and O–H groups in total. The van der Waals surface area contributed by atoms with E-state index in [1.54, 1.807) is 12.1 Å². The van der Waals surface area contributed by atoms with Crippen LogP contribution in [0.4, 0.5) is 10.5 Å². The predicted octanol–water partition coefficient (Wildman–Crippen LogP) is 4.81. The first kappa shape index (κ1) is 18.2. The van der Waals surface area contributed by atoms with Gasteiger partial charge < -0.3 is 5.32 Å². The normalized spacial score (nSPS) is 11.1. The van der Waals surface area contributed by atoms with Gasteiger partial charge >= 0.3 is 6.03 Å². The molecule has 0 unspecified atom stereocenters. The number of halogens is 4. The summed E-state index contributed by atoms with van der Waals surface area (Å²) in [5, 5.41) is 2.77. The number of carbonyl (C=O) groups excluding carboxylic acids is 1. The van der Waals surface area contributed by atoms with Crippen LogP contribution in [-0.2, 0) is 10.0 Å². The number of rotatable bonds is 3. The van der Waals surface area contributed by atoms with Gasteiger partial charge in [0.25, 0.3) is 10.0 Å². The Kier molecular flexibility index (Phi) is 5.65. The van der Waals surface area contributed by atoms with Gasteiger partial charge in [-0.1, -0.05) is 46.4 Å². The third-order valence-electron chi connectivity index (χ3n) is 2.60. The summed E-state index contributed by atoms with van der Waals surface area (Å²) in [4.78, 5) is 11.5. The van der Waals surface area contributed by atoms with Crippen LogP contribution in [0.5, 0.6) is 0 Å². The van der Waals surface area contributed by atoms with Gasteiger partial charge in [-0.15, -0.1) is 0 Å². The number of hydrogen-bond donors (Lipinski definition) is 2. The lowest BCUT2D eigenvalue weighted by molar-refractivity contribution is 0.256. The Morgan fingerprint density at radius 3 is 1.96 bits per heavy atom. The smallest absolute Gasteiger partial charge is 0.307 e. The molecule has 2 rings (SSSR count). The molecule has 0 aliphatic rings. The van der Waals surface area contributed by atoms with E-state index in [0.717, 1.165) is 12.1 Å². The Balaban J connectivity index is 2.17. The standard InChI is InChI=1S/C13H8Cl4N2O3S/c14-7-1-3-8(4-2-7)18-13(20)19-23(21,22)9-5-10(15)12(17)11(16)6-9/h1-6H,(H2,18,19,20). The minimum Gasteiger partial charge on any atom is -0.307 e. The van der Waals surface area contributed by atoms with Gasteiger partial charge in [-0.3, -0.25) is 0 Å². The van der Waals surface area contributed by atoms with E-state index in [4.69, 9.17) is 46.4 Å². The summed E-state index contributed by atoms with van der Waals surface area (Å²) < 4.78 is 26.1. The van der Waals surface area contributed by atoms with Crippen molar-refractivity contribution in [2.45, 2.75) is 4.90 Å². The second-order valence-corrected chi connectivity index (χ2v) is 7.58. The Bertz CT molecular complexity index is 831. The lowest BCUT2D eigenvalue weighted by Gasteiger charge is -2.10. The highest BCUT2D eigenvalue weighted by atomic mass is 35.5. The summed E-state index contributed by atoms with van der Waals surface area (Å²) in [6, 6.07) is 7.36. The zero-order valence-corrected chi connectivity index (χ0v) is 14.9. The minimum atomic E-state index is -4.17. The van der Waals surface area contributed by atoms with E-state index < -0.39 is 16.1 Å². The van der Waals surface area contributed by atoms with E-state index in [1.807, 2.05) is 4.72 Å². The molecule has 0 heterocycles. The molecule has 0 aliphatic heterocycles. The van der Waals surface area contributed by atoms with Crippen LogP contribution >= 0.6 is 46.4 Å². The molecular formula is C13H8Cl4N2O3S. The number of carbonyl (C=O) groups is 1. The largest absolute Gasteiger partial charge is 0.333 e. The molecule has 122 valence electrons. The van der Waals surface area contributed by atoms with Crippen LogP contribution in [0.15, 0.2) is 41.3 Å². The van der Waals surface area contributed by atoms with Crippen molar-refractivity contribution in [3.05, 3.63) is 56.5 Å². The molecular weight excluding hydrogens is 406 g/mol. The topological polar surface area (TPSA) is 75.3 Å². The number of hydrogen-bond acceptors (Lipinski definition) is 3. The number of nitrogens with one attached hydrogen (secondary N) is 2. The van der Waals surface area contributed by atoms with Crippen LogP contribution in [0.25, 0.3) is 0 Å². The van der Waals surface area contributed by atoms with Crippen molar-refractivity contribution < 1.29 is 13.2 Å². The minimum absolute atomic E-state index is 0.0258. The quantitative estimate of drug-likeness (QED) is 0.708. The highest BCUT2D eigenvalue weighted by Crippen LogP contribution is 2.32. The lowest BCUT2D eigenvalue weighted by Crippen LogP contribution is -2.34. The van der Waals surface area contributed by atoms with Crippen LogP contribution in [0.1, 0.15) is 0 Å². The summed E-state index contributed by atoms with van der Waals surface area (Å²) in [7, 11) is -4.17. The Hall–Kier alpha value is -1.18. The number of urea groups is 1. The maximum atomic E-state index is 12.1. The molecule has 2 aromatic carbocycles. The summed E-state index contributed by atoms with van der Waals surface area (Å²) >= 11 is 23.0. The first-order valence-corrected chi connectivity index (χ1v) is 8.92. The zero-order chi connectivity index (χ0) is 17.2. The second kappa shape index (κ2) is 7.15. The van der Waals surface area contributed by atoms with E-state index in [-0.39, 0.29) is 20.0 Å². The first-order valence-electron chi connectivity index (χ1n) is 5.93. The van der Waals surface area contributed by atoms with Gasteiger partial charge in [0.15, 0.2) is 0 Å². The highest BCUT2D eigenvalue weighted by molar-refractivity contribution is 7.90. The van der Waals surface area contributed by atoms with Crippen molar-refractivity contribution in [3.63, 3.8) is 0 Å². The van der Waals surface area contributed by atoms with Gasteiger partial charge in [0.1, 0.15) is 0 Å². The number of sulfonamides is 1. The molecule has 2 amide bonds. The highest BCUT2D eigenvalue weighted by Gasteiger charge is 2.20. The van der Waals surface area contributed by atoms with Gasteiger partial charge in [-0.25, -0.2) is 17.9 Å². The van der Waals surface area contributed by atoms with Crippen molar-refractivity contribution in [3.8, 4) is 0 Å². The number of amides is 2. The summed E-state index contributed by atoms with van der Waals surface area (Å²) in [5.74, 6) is 0. The molecule has 23 heavy (non-hydrogen) atoms. The monoisotopic (exact) mass is 412 g/mol. The van der Waals surface area contributed by atoms with Crippen molar-refractivity contribution in [2.75, 3.05) is 5.32 Å². The molecule has 0 saturated heterocycles. The van der Waals surface area contributed by atoms with Gasteiger partial charge in [0.2, 0.25) is 0 Å². The van der Waals surface area contributed by atoms with Crippen molar-refractivity contribution in [1.82, 2.24) is 4.72 Å². The number of anilines is 1. The van der Waals surface area contributed by atoms with Crippen LogP contribution in [0, 0.1) is 0 Å². The van der Waals surface area contributed by atoms with Gasteiger partial charge in [0.05, 0.1) is 20.0 Å². The molecule has 10 heteroatoms. The van der Waals surface area contributed by atoms with E-state index in [1.165, 1.54) is 12.1 Å². The van der Waals surface area contributed by atoms with Crippen molar-refractivity contribution in [1.29, 1.82) is 0 Å². The fourth-order valence-electron chi connectivity index (χ4n) is 1.56. The van der Waals surface area contributed by atoms with E-state index in [9.17, 15) is 13.2 Å². The van der Waals surface area contributed by atoms with Gasteiger partial charge in [-0.2, -0.15) is 0 Å². The SMILES string of the molecule is O=C(Nc1ccc(Cl)cc1)NS(=O)(=O)c1cc(Cl)c(Cl)c(Cl)c1. The molecule has 0 aromatic heterocycles. The summed E-state index contributed by atoms with van der Waals surface area (Å²) in [6.07, 6.45) is 0. The van der Waals surface area contributed by atoms with Gasteiger partial charge in [-0.05, 0) is 36.4 Å². The first-order chi connectivity index (χ1) is 10.7. The molecule has 5 nitrogen and oxygen atoms in total. The predicted molar refractivity (Wildman–Crippen MR) is 92.3 cm³/mol. The second-order valence-electron chi connectivity index (χ2n) is 4.27.